The molecule has 2 N–H and O–H groups in total. The van der Waals surface area contributed by atoms with Crippen LogP contribution in [0.15, 0.2) is 6.07 Å². The summed E-state index contributed by atoms with van der Waals surface area (Å²) in [6.45, 7) is -0.150. The predicted octanol–water partition coefficient (Wildman–Crippen LogP) is 2.40. The van der Waals surface area contributed by atoms with Crippen molar-refractivity contribution in [3.05, 3.63) is 27.3 Å². The number of hydrogen-bond acceptors (Lipinski definition) is 4. The zero-order valence-electron chi connectivity index (χ0n) is 8.66. The van der Waals surface area contributed by atoms with E-state index in [0.717, 1.165) is 6.07 Å². The van der Waals surface area contributed by atoms with Crippen LogP contribution in [-0.2, 0) is 0 Å². The third-order valence-electron chi connectivity index (χ3n) is 2.14. The first-order chi connectivity index (χ1) is 7.34. The van der Waals surface area contributed by atoms with E-state index in [1.165, 1.54) is 13.8 Å². The number of nitrogens with zero attached hydrogens (tertiary/aromatic N) is 1. The molecule has 0 heterocycles. The number of nitrogen functional groups attached to an aromatic ring is 1. The lowest BCUT2D eigenvalue weighted by Crippen LogP contribution is -2.08. The van der Waals surface area contributed by atoms with Gasteiger partial charge in [-0.3, -0.25) is 10.1 Å². The van der Waals surface area contributed by atoms with E-state index >= 15 is 0 Å². The Morgan fingerprint density at radius 1 is 1.50 bits per heavy atom. The first kappa shape index (κ1) is 12.2. The second kappa shape index (κ2) is 4.30. The van der Waals surface area contributed by atoms with Gasteiger partial charge in [0.2, 0.25) is 0 Å². The highest BCUT2D eigenvalue weighted by Crippen LogP contribution is 2.36. The van der Waals surface area contributed by atoms with Crippen LogP contribution in [0, 0.1) is 24.0 Å². The molecule has 88 valence electrons. The Bertz CT molecular complexity index is 435. The molecule has 0 atom stereocenters. The zero-order valence-corrected chi connectivity index (χ0v) is 8.66. The second-order valence-electron chi connectivity index (χ2n) is 3.22. The number of nitro benzene ring substituents is 1. The third-order valence-corrected chi connectivity index (χ3v) is 2.14. The first-order valence-electron chi connectivity index (χ1n) is 4.33. The van der Waals surface area contributed by atoms with Gasteiger partial charge in [0, 0.05) is 11.6 Å². The molecule has 5 nitrogen and oxygen atoms in total. The predicted molar refractivity (Wildman–Crippen MR) is 53.6 cm³/mol. The molecule has 1 aromatic carbocycles. The van der Waals surface area contributed by atoms with Crippen LogP contribution in [0.4, 0.5) is 20.2 Å². The number of anilines is 1. The molecule has 16 heavy (non-hydrogen) atoms. The molecule has 1 aromatic rings. The average Bonchev–Trinajstić information content (AvgIpc) is 2.17. The highest BCUT2D eigenvalue weighted by atomic mass is 19.3. The number of halogens is 2. The van der Waals surface area contributed by atoms with Crippen molar-refractivity contribution in [2.45, 2.75) is 20.5 Å². The van der Waals surface area contributed by atoms with Crippen LogP contribution in [0.25, 0.3) is 0 Å². The van der Waals surface area contributed by atoms with E-state index in [1.54, 1.807) is 0 Å². The fourth-order valence-electron chi connectivity index (χ4n) is 1.38. The Balaban J connectivity index is 3.34. The fraction of sp³-hybridized carbons (Fsp3) is 0.333. The zero-order chi connectivity index (χ0) is 12.5. The number of rotatable bonds is 3. The summed E-state index contributed by atoms with van der Waals surface area (Å²) in [5, 5.41) is 10.6. The molecule has 0 radical (unpaired) electrons. The van der Waals surface area contributed by atoms with Gasteiger partial charge in [0.1, 0.15) is 11.4 Å². The van der Waals surface area contributed by atoms with Gasteiger partial charge in [0.15, 0.2) is 0 Å². The van der Waals surface area contributed by atoms with Gasteiger partial charge in [0.05, 0.1) is 4.92 Å². The summed E-state index contributed by atoms with van der Waals surface area (Å²) in [6.07, 6.45) is 0. The molecule has 0 spiro atoms. The maximum atomic E-state index is 12.1. The molecular formula is C9H10F2N2O3. The van der Waals surface area contributed by atoms with Crippen molar-refractivity contribution < 1.29 is 18.4 Å². The van der Waals surface area contributed by atoms with Crippen molar-refractivity contribution in [1.29, 1.82) is 0 Å². The normalized spacial score (nSPS) is 10.6. The lowest BCUT2D eigenvalue weighted by Gasteiger charge is -2.12. The summed E-state index contributed by atoms with van der Waals surface area (Å²) < 4.78 is 28.4. The van der Waals surface area contributed by atoms with E-state index in [1.807, 2.05) is 0 Å². The molecule has 1 rings (SSSR count). The van der Waals surface area contributed by atoms with E-state index < -0.39 is 11.5 Å². The van der Waals surface area contributed by atoms with Crippen molar-refractivity contribution in [3.63, 3.8) is 0 Å². The molecule has 0 fully saturated rings. The molecule has 7 heteroatoms. The highest BCUT2D eigenvalue weighted by Gasteiger charge is 2.21. The number of hydrogen-bond donors (Lipinski definition) is 1. The summed E-state index contributed by atoms with van der Waals surface area (Å²) in [5.74, 6) is -0.113. The molecule has 0 bridgehead atoms. The number of ether oxygens (including phenoxy) is 1. The highest BCUT2D eigenvalue weighted by molar-refractivity contribution is 5.69. The summed E-state index contributed by atoms with van der Waals surface area (Å²) in [7, 11) is 0. The van der Waals surface area contributed by atoms with E-state index in [0.29, 0.717) is 0 Å². The molecule has 0 unspecified atom stereocenters. The summed E-state index contributed by atoms with van der Waals surface area (Å²) in [6, 6.07) is 1.11. The largest absolute Gasteiger partial charge is 0.434 e. The fourth-order valence-corrected chi connectivity index (χ4v) is 1.38. The molecular weight excluding hydrogens is 222 g/mol. The Hall–Kier alpha value is -1.92. The molecule has 0 amide bonds. The third kappa shape index (κ3) is 2.18. The van der Waals surface area contributed by atoms with E-state index in [2.05, 4.69) is 4.74 Å². The van der Waals surface area contributed by atoms with Crippen LogP contribution in [0.2, 0.25) is 0 Å². The maximum Gasteiger partial charge on any atom is 0.387 e. The number of alkyl halides is 2. The molecule has 0 aliphatic carbocycles. The van der Waals surface area contributed by atoms with Crippen LogP contribution in [0.3, 0.4) is 0 Å². The van der Waals surface area contributed by atoms with Crippen LogP contribution < -0.4 is 10.5 Å². The minimum Gasteiger partial charge on any atom is -0.434 e. The number of benzene rings is 1. The monoisotopic (exact) mass is 232 g/mol. The molecule has 0 aromatic heterocycles. The van der Waals surface area contributed by atoms with Crippen LogP contribution in [0.1, 0.15) is 11.1 Å². The minimum atomic E-state index is -2.99. The number of nitro groups is 1. The molecule has 0 aliphatic heterocycles. The van der Waals surface area contributed by atoms with Gasteiger partial charge < -0.3 is 10.5 Å². The van der Waals surface area contributed by atoms with E-state index in [9.17, 15) is 18.9 Å². The standard InChI is InChI=1S/C9H10F2N2O3/c1-4-3-6(13(14)15)7(12)5(2)8(4)16-9(10)11/h3,9H,12H2,1-2H3. The van der Waals surface area contributed by atoms with Crippen molar-refractivity contribution in [3.8, 4) is 5.75 Å². The van der Waals surface area contributed by atoms with Crippen LogP contribution >= 0.6 is 0 Å². The van der Waals surface area contributed by atoms with E-state index in [-0.39, 0.29) is 28.3 Å². The van der Waals surface area contributed by atoms with Crippen molar-refractivity contribution in [2.24, 2.45) is 0 Å². The Morgan fingerprint density at radius 3 is 2.50 bits per heavy atom. The van der Waals surface area contributed by atoms with Crippen molar-refractivity contribution in [2.75, 3.05) is 5.73 Å². The van der Waals surface area contributed by atoms with Gasteiger partial charge >= 0.3 is 6.61 Å². The van der Waals surface area contributed by atoms with Crippen LogP contribution in [-0.4, -0.2) is 11.5 Å². The summed E-state index contributed by atoms with van der Waals surface area (Å²) in [4.78, 5) is 9.93. The lowest BCUT2D eigenvalue weighted by molar-refractivity contribution is -0.384. The first-order valence-corrected chi connectivity index (χ1v) is 4.33. The smallest absolute Gasteiger partial charge is 0.387 e. The second-order valence-corrected chi connectivity index (χ2v) is 3.22. The number of nitrogens with two attached hydrogens (primary N) is 1. The number of aryl methyl sites for hydroxylation is 1. The van der Waals surface area contributed by atoms with Gasteiger partial charge in [-0.1, -0.05) is 0 Å². The minimum absolute atomic E-state index is 0.113. The molecule has 0 aliphatic rings. The Morgan fingerprint density at radius 2 is 2.06 bits per heavy atom. The van der Waals surface area contributed by atoms with Gasteiger partial charge in [-0.15, -0.1) is 0 Å². The SMILES string of the molecule is Cc1cc([N+](=O)[O-])c(N)c(C)c1OC(F)F. The van der Waals surface area contributed by atoms with Crippen LogP contribution in [0.5, 0.6) is 5.75 Å². The average molecular weight is 232 g/mol. The van der Waals surface area contributed by atoms with Gasteiger partial charge in [-0.2, -0.15) is 8.78 Å². The summed E-state index contributed by atoms with van der Waals surface area (Å²) >= 11 is 0. The Kier molecular flexibility index (Phi) is 3.26. The van der Waals surface area contributed by atoms with Crippen molar-refractivity contribution in [1.82, 2.24) is 0 Å². The van der Waals surface area contributed by atoms with Crippen molar-refractivity contribution >= 4 is 11.4 Å². The lowest BCUT2D eigenvalue weighted by atomic mass is 10.1. The van der Waals surface area contributed by atoms with Gasteiger partial charge in [0.25, 0.3) is 5.69 Å². The van der Waals surface area contributed by atoms with Gasteiger partial charge in [-0.05, 0) is 19.4 Å². The summed E-state index contributed by atoms with van der Waals surface area (Å²) in [5.41, 5.74) is 5.39. The quantitative estimate of drug-likeness (QED) is 0.493. The van der Waals surface area contributed by atoms with Gasteiger partial charge in [-0.25, -0.2) is 0 Å². The Labute approximate surface area is 90.0 Å². The molecule has 0 saturated heterocycles. The molecule has 0 saturated carbocycles. The van der Waals surface area contributed by atoms with E-state index in [4.69, 9.17) is 5.73 Å². The maximum absolute atomic E-state index is 12.1. The topological polar surface area (TPSA) is 78.4 Å².